The second kappa shape index (κ2) is 5.74. The molecule has 1 saturated heterocycles. The van der Waals surface area contributed by atoms with Crippen LogP contribution in [0.4, 0.5) is 13.2 Å². The van der Waals surface area contributed by atoms with Crippen molar-refractivity contribution in [3.63, 3.8) is 0 Å². The molecular formula is C17H21F3N2O2. The minimum Gasteiger partial charge on any atom is -0.369 e. The molecule has 24 heavy (non-hydrogen) atoms. The largest absolute Gasteiger partial charge is 0.430 e. The first-order valence-electron chi connectivity index (χ1n) is 8.00. The van der Waals surface area contributed by atoms with Gasteiger partial charge in [0.1, 0.15) is 0 Å². The summed E-state index contributed by atoms with van der Waals surface area (Å²) in [5.41, 5.74) is -3.17. The van der Waals surface area contributed by atoms with Gasteiger partial charge in [0.2, 0.25) is 0 Å². The molecule has 7 heteroatoms. The van der Waals surface area contributed by atoms with Crippen LogP contribution in [0.5, 0.6) is 0 Å². The van der Waals surface area contributed by atoms with E-state index in [2.05, 4.69) is 5.32 Å². The first kappa shape index (κ1) is 17.2. The second-order valence-corrected chi connectivity index (χ2v) is 6.83. The molecule has 3 unspecified atom stereocenters. The summed E-state index contributed by atoms with van der Waals surface area (Å²) in [5, 5.41) is 13.4. The molecule has 1 heterocycles. The van der Waals surface area contributed by atoms with Crippen LogP contribution in [0.25, 0.3) is 0 Å². The number of benzene rings is 1. The van der Waals surface area contributed by atoms with Crippen molar-refractivity contribution >= 4 is 5.91 Å². The number of aryl methyl sites for hydroxylation is 1. The second-order valence-electron chi connectivity index (χ2n) is 6.83. The number of fused-ring (bicyclic) bond motifs is 1. The predicted molar refractivity (Wildman–Crippen MR) is 82.1 cm³/mol. The fraction of sp³-hybridized carbons (Fsp3) is 0.588. The Morgan fingerprint density at radius 2 is 1.79 bits per heavy atom. The SMILES string of the molecule is CNCC1C2CN(C(=O)C(O)(c3ccc(C)cc3)C(F)(F)F)CC12. The highest BCUT2D eigenvalue weighted by molar-refractivity contribution is 5.88. The molecule has 1 saturated carbocycles. The van der Waals surface area contributed by atoms with Crippen molar-refractivity contribution in [2.45, 2.75) is 18.7 Å². The number of carbonyl (C=O) groups is 1. The number of alkyl halides is 3. The van der Waals surface area contributed by atoms with E-state index in [1.54, 1.807) is 6.92 Å². The van der Waals surface area contributed by atoms with Gasteiger partial charge in [0.15, 0.2) is 0 Å². The normalized spacial score (nSPS) is 28.4. The molecule has 1 aliphatic carbocycles. The molecule has 1 aliphatic heterocycles. The summed E-state index contributed by atoms with van der Waals surface area (Å²) >= 11 is 0. The Morgan fingerprint density at radius 3 is 2.25 bits per heavy atom. The van der Waals surface area contributed by atoms with Gasteiger partial charge in [-0.3, -0.25) is 4.79 Å². The van der Waals surface area contributed by atoms with Gasteiger partial charge in [0.05, 0.1) is 0 Å². The van der Waals surface area contributed by atoms with Crippen molar-refractivity contribution in [2.24, 2.45) is 17.8 Å². The van der Waals surface area contributed by atoms with E-state index in [1.165, 1.54) is 24.3 Å². The number of rotatable bonds is 4. The fourth-order valence-electron chi connectivity index (χ4n) is 3.79. The number of hydrogen-bond acceptors (Lipinski definition) is 3. The van der Waals surface area contributed by atoms with Crippen LogP contribution >= 0.6 is 0 Å². The van der Waals surface area contributed by atoms with Crippen LogP contribution in [0.2, 0.25) is 0 Å². The standard InChI is InChI=1S/C17H21F3N2O2/c1-10-3-5-11(6-4-10)16(24,17(18,19)20)15(23)22-8-13-12(7-21-2)14(13)9-22/h3-6,12-14,21,24H,7-9H2,1-2H3. The molecule has 0 radical (unpaired) electrons. The molecule has 0 bridgehead atoms. The highest BCUT2D eigenvalue weighted by Crippen LogP contribution is 2.52. The summed E-state index contributed by atoms with van der Waals surface area (Å²) in [7, 11) is 1.83. The monoisotopic (exact) mass is 342 g/mol. The van der Waals surface area contributed by atoms with Crippen molar-refractivity contribution < 1.29 is 23.1 Å². The Bertz CT molecular complexity index is 620. The van der Waals surface area contributed by atoms with Gasteiger partial charge in [-0.25, -0.2) is 0 Å². The van der Waals surface area contributed by atoms with Crippen LogP contribution in [-0.4, -0.2) is 48.8 Å². The zero-order chi connectivity index (χ0) is 17.7. The molecule has 1 aromatic rings. The number of aliphatic hydroxyl groups is 1. The van der Waals surface area contributed by atoms with E-state index in [0.29, 0.717) is 5.92 Å². The number of nitrogens with zero attached hydrogens (tertiary/aromatic N) is 1. The number of carbonyl (C=O) groups excluding carboxylic acids is 1. The summed E-state index contributed by atoms with van der Waals surface area (Å²) in [5.74, 6) is -0.388. The first-order chi connectivity index (χ1) is 11.2. The van der Waals surface area contributed by atoms with Crippen LogP contribution in [0.15, 0.2) is 24.3 Å². The smallest absolute Gasteiger partial charge is 0.369 e. The third kappa shape index (κ3) is 2.59. The summed E-state index contributed by atoms with van der Waals surface area (Å²) < 4.78 is 40.8. The molecule has 3 rings (SSSR count). The lowest BCUT2D eigenvalue weighted by Crippen LogP contribution is -2.55. The van der Waals surface area contributed by atoms with Gasteiger partial charge in [-0.05, 0) is 38.3 Å². The average molecular weight is 342 g/mol. The van der Waals surface area contributed by atoms with Gasteiger partial charge < -0.3 is 15.3 Å². The number of likely N-dealkylation sites (tertiary alicyclic amines) is 1. The van der Waals surface area contributed by atoms with Crippen LogP contribution in [-0.2, 0) is 10.4 Å². The summed E-state index contributed by atoms with van der Waals surface area (Å²) in [4.78, 5) is 13.7. The quantitative estimate of drug-likeness (QED) is 0.875. The number of halogens is 3. The van der Waals surface area contributed by atoms with Crippen LogP contribution in [0, 0.1) is 24.7 Å². The average Bonchev–Trinajstić information content (AvgIpc) is 2.96. The third-order valence-corrected chi connectivity index (χ3v) is 5.29. The molecule has 132 valence electrons. The van der Waals surface area contributed by atoms with Crippen LogP contribution < -0.4 is 5.32 Å². The van der Waals surface area contributed by atoms with Crippen molar-refractivity contribution in [1.29, 1.82) is 0 Å². The molecule has 2 aliphatic rings. The Hall–Kier alpha value is -1.60. The zero-order valence-corrected chi connectivity index (χ0v) is 13.6. The van der Waals surface area contributed by atoms with Crippen LogP contribution in [0.1, 0.15) is 11.1 Å². The number of nitrogens with one attached hydrogen (secondary N) is 1. The van der Waals surface area contributed by atoms with Gasteiger partial charge in [-0.15, -0.1) is 0 Å². The molecule has 2 fully saturated rings. The number of amides is 1. The lowest BCUT2D eigenvalue weighted by Gasteiger charge is -2.34. The summed E-state index contributed by atoms with van der Waals surface area (Å²) in [6, 6.07) is 5.26. The molecule has 1 aromatic carbocycles. The molecule has 4 nitrogen and oxygen atoms in total. The lowest BCUT2D eigenvalue weighted by atomic mass is 9.90. The molecule has 0 spiro atoms. The molecule has 3 atom stereocenters. The van der Waals surface area contributed by atoms with Crippen molar-refractivity contribution in [1.82, 2.24) is 10.2 Å². The molecule has 0 aromatic heterocycles. The van der Waals surface area contributed by atoms with Gasteiger partial charge in [0.25, 0.3) is 11.5 Å². The molecular weight excluding hydrogens is 321 g/mol. The van der Waals surface area contributed by atoms with Crippen molar-refractivity contribution in [3.05, 3.63) is 35.4 Å². The van der Waals surface area contributed by atoms with Gasteiger partial charge in [-0.1, -0.05) is 29.8 Å². The van der Waals surface area contributed by atoms with E-state index >= 15 is 0 Å². The predicted octanol–water partition coefficient (Wildman–Crippen LogP) is 1.67. The minimum absolute atomic E-state index is 0.233. The third-order valence-electron chi connectivity index (χ3n) is 5.29. The van der Waals surface area contributed by atoms with E-state index in [-0.39, 0.29) is 24.9 Å². The van der Waals surface area contributed by atoms with E-state index in [4.69, 9.17) is 0 Å². The zero-order valence-electron chi connectivity index (χ0n) is 13.6. The van der Waals surface area contributed by atoms with Crippen LogP contribution in [0.3, 0.4) is 0 Å². The Morgan fingerprint density at radius 1 is 1.25 bits per heavy atom. The Kier molecular flexibility index (Phi) is 4.12. The maximum absolute atomic E-state index is 13.6. The van der Waals surface area contributed by atoms with E-state index < -0.39 is 23.2 Å². The van der Waals surface area contributed by atoms with Crippen molar-refractivity contribution in [2.75, 3.05) is 26.7 Å². The molecule has 2 N–H and O–H groups in total. The fourth-order valence-corrected chi connectivity index (χ4v) is 3.79. The van der Waals surface area contributed by atoms with Gasteiger partial charge >= 0.3 is 6.18 Å². The maximum Gasteiger partial charge on any atom is 0.430 e. The summed E-state index contributed by atoms with van der Waals surface area (Å²) in [6.07, 6.45) is -5.07. The van der Waals surface area contributed by atoms with Crippen molar-refractivity contribution in [3.8, 4) is 0 Å². The Balaban J connectivity index is 1.83. The van der Waals surface area contributed by atoms with Gasteiger partial charge in [-0.2, -0.15) is 13.2 Å². The Labute approximate surface area is 138 Å². The van der Waals surface area contributed by atoms with E-state index in [9.17, 15) is 23.1 Å². The van der Waals surface area contributed by atoms with E-state index in [1.807, 2.05) is 7.05 Å². The lowest BCUT2D eigenvalue weighted by molar-refractivity contribution is -0.261. The highest BCUT2D eigenvalue weighted by atomic mass is 19.4. The molecule has 1 amide bonds. The highest BCUT2D eigenvalue weighted by Gasteiger charge is 2.65. The topological polar surface area (TPSA) is 52.6 Å². The van der Waals surface area contributed by atoms with E-state index in [0.717, 1.165) is 17.0 Å². The minimum atomic E-state index is -5.07. The number of piperidine rings is 1. The maximum atomic E-state index is 13.6. The summed E-state index contributed by atoms with van der Waals surface area (Å²) in [6.45, 7) is 3.09. The van der Waals surface area contributed by atoms with Gasteiger partial charge in [0, 0.05) is 18.7 Å². The number of hydrogen-bond donors (Lipinski definition) is 2. The first-order valence-corrected chi connectivity index (χ1v) is 8.00.